The van der Waals surface area contributed by atoms with Crippen LogP contribution in [0.4, 0.5) is 0 Å². The third kappa shape index (κ3) is 2.91. The second-order valence-corrected chi connectivity index (χ2v) is 6.71. The van der Waals surface area contributed by atoms with Crippen molar-refractivity contribution in [1.82, 2.24) is 14.7 Å². The van der Waals surface area contributed by atoms with Crippen molar-refractivity contribution in [2.45, 2.75) is 38.7 Å². The maximum absolute atomic E-state index is 12.4. The zero-order chi connectivity index (χ0) is 15.7. The van der Waals surface area contributed by atoms with Crippen molar-refractivity contribution in [2.24, 2.45) is 5.92 Å². The van der Waals surface area contributed by atoms with E-state index in [-0.39, 0.29) is 23.1 Å². The average Bonchev–Trinajstić information content (AvgIpc) is 2.87. The summed E-state index contributed by atoms with van der Waals surface area (Å²) < 4.78 is 1.46. The molecule has 3 rings (SSSR count). The lowest BCUT2D eigenvalue weighted by Gasteiger charge is -2.25. The molecule has 0 aromatic carbocycles. The highest BCUT2D eigenvalue weighted by atomic mass is 32.1. The van der Waals surface area contributed by atoms with Gasteiger partial charge in [0.05, 0.1) is 6.10 Å². The van der Waals surface area contributed by atoms with E-state index in [0.717, 1.165) is 25.0 Å². The standard InChI is InChI=1S/C15H19N3O3S/c1-9-8-22-15-17-7-12(14(21)18(9)15)13(20)16-6-10-3-2-4-11(19)5-10/h7-8,10-11,19H,2-6H2,1H3,(H,16,20). The van der Waals surface area contributed by atoms with E-state index in [9.17, 15) is 14.7 Å². The third-order valence-corrected chi connectivity index (χ3v) is 5.13. The quantitative estimate of drug-likeness (QED) is 0.894. The van der Waals surface area contributed by atoms with Gasteiger partial charge in [-0.1, -0.05) is 6.42 Å². The number of rotatable bonds is 3. The summed E-state index contributed by atoms with van der Waals surface area (Å²) in [5, 5.41) is 14.3. The molecule has 1 saturated carbocycles. The van der Waals surface area contributed by atoms with E-state index in [1.165, 1.54) is 21.9 Å². The number of hydrogen-bond acceptors (Lipinski definition) is 5. The normalized spacial score (nSPS) is 21.9. The van der Waals surface area contributed by atoms with Gasteiger partial charge in [-0.2, -0.15) is 0 Å². The molecule has 1 amide bonds. The Bertz CT molecular complexity index is 752. The number of aliphatic hydroxyl groups excluding tert-OH is 1. The summed E-state index contributed by atoms with van der Waals surface area (Å²) in [7, 11) is 0. The Morgan fingerprint density at radius 3 is 3.14 bits per heavy atom. The minimum absolute atomic E-state index is 0.0651. The van der Waals surface area contributed by atoms with Crippen LogP contribution in [0.1, 0.15) is 41.7 Å². The number of nitrogens with one attached hydrogen (secondary N) is 1. The summed E-state index contributed by atoms with van der Waals surface area (Å²) in [5.74, 6) is -0.118. The van der Waals surface area contributed by atoms with Crippen LogP contribution in [-0.2, 0) is 0 Å². The molecule has 0 radical (unpaired) electrons. The number of thiazole rings is 1. The SMILES string of the molecule is Cc1csc2ncc(C(=O)NCC3CCCC(O)C3)c(=O)n12. The molecule has 0 saturated heterocycles. The zero-order valence-electron chi connectivity index (χ0n) is 12.4. The number of carbonyl (C=O) groups is 1. The first kappa shape index (κ1) is 15.2. The highest BCUT2D eigenvalue weighted by Gasteiger charge is 2.22. The smallest absolute Gasteiger partial charge is 0.271 e. The van der Waals surface area contributed by atoms with Gasteiger partial charge in [0.25, 0.3) is 11.5 Å². The molecule has 0 bridgehead atoms. The molecule has 2 unspecified atom stereocenters. The van der Waals surface area contributed by atoms with Crippen LogP contribution in [0.15, 0.2) is 16.4 Å². The lowest BCUT2D eigenvalue weighted by atomic mass is 9.87. The first-order valence-electron chi connectivity index (χ1n) is 7.48. The Morgan fingerprint density at radius 1 is 1.55 bits per heavy atom. The van der Waals surface area contributed by atoms with Crippen molar-refractivity contribution in [3.8, 4) is 0 Å². The van der Waals surface area contributed by atoms with Gasteiger partial charge in [-0.25, -0.2) is 4.98 Å². The molecule has 1 fully saturated rings. The van der Waals surface area contributed by atoms with Crippen molar-refractivity contribution in [2.75, 3.05) is 6.54 Å². The van der Waals surface area contributed by atoms with Gasteiger partial charge in [0.15, 0.2) is 4.96 Å². The van der Waals surface area contributed by atoms with Crippen LogP contribution in [0.3, 0.4) is 0 Å². The number of amides is 1. The van der Waals surface area contributed by atoms with Gasteiger partial charge in [-0.3, -0.25) is 14.0 Å². The average molecular weight is 321 g/mol. The summed E-state index contributed by atoms with van der Waals surface area (Å²) >= 11 is 1.38. The van der Waals surface area contributed by atoms with Crippen LogP contribution in [0.25, 0.3) is 4.96 Å². The first-order valence-corrected chi connectivity index (χ1v) is 8.36. The molecular formula is C15H19N3O3S. The van der Waals surface area contributed by atoms with Crippen LogP contribution >= 0.6 is 11.3 Å². The molecular weight excluding hydrogens is 302 g/mol. The van der Waals surface area contributed by atoms with Gasteiger partial charge < -0.3 is 10.4 Å². The molecule has 0 spiro atoms. The van der Waals surface area contributed by atoms with Gasteiger partial charge in [0, 0.05) is 23.8 Å². The molecule has 118 valence electrons. The monoisotopic (exact) mass is 321 g/mol. The maximum atomic E-state index is 12.4. The highest BCUT2D eigenvalue weighted by Crippen LogP contribution is 2.23. The molecule has 2 aromatic heterocycles. The lowest BCUT2D eigenvalue weighted by molar-refractivity contribution is 0.0872. The zero-order valence-corrected chi connectivity index (χ0v) is 13.2. The van der Waals surface area contributed by atoms with Crippen LogP contribution in [0.5, 0.6) is 0 Å². The minimum atomic E-state index is -0.391. The lowest BCUT2D eigenvalue weighted by Crippen LogP contribution is -2.36. The number of fused-ring (bicyclic) bond motifs is 1. The predicted molar refractivity (Wildman–Crippen MR) is 84.4 cm³/mol. The summed E-state index contributed by atoms with van der Waals surface area (Å²) in [6.45, 7) is 2.30. The number of nitrogens with zero attached hydrogens (tertiary/aromatic N) is 2. The number of aliphatic hydroxyl groups is 1. The summed E-state index contributed by atoms with van der Waals surface area (Å²) in [6, 6.07) is 0. The molecule has 1 aliphatic rings. The van der Waals surface area contributed by atoms with Crippen molar-refractivity contribution in [3.05, 3.63) is 33.2 Å². The van der Waals surface area contributed by atoms with Crippen LogP contribution in [0.2, 0.25) is 0 Å². The van der Waals surface area contributed by atoms with E-state index in [2.05, 4.69) is 10.3 Å². The fourth-order valence-corrected chi connectivity index (χ4v) is 3.79. The number of aryl methyl sites for hydroxylation is 1. The Kier molecular flexibility index (Phi) is 4.26. The molecule has 6 nitrogen and oxygen atoms in total. The van der Waals surface area contributed by atoms with Crippen LogP contribution < -0.4 is 10.9 Å². The third-order valence-electron chi connectivity index (χ3n) is 4.17. The number of carbonyl (C=O) groups excluding carboxylic acids is 1. The predicted octanol–water partition coefficient (Wildman–Crippen LogP) is 1.35. The van der Waals surface area contributed by atoms with Gasteiger partial charge in [0.1, 0.15) is 5.56 Å². The number of hydrogen-bond donors (Lipinski definition) is 2. The topological polar surface area (TPSA) is 83.7 Å². The number of aromatic nitrogens is 2. The van der Waals surface area contributed by atoms with E-state index < -0.39 is 5.91 Å². The minimum Gasteiger partial charge on any atom is -0.393 e. The van der Waals surface area contributed by atoms with Crippen LogP contribution in [0, 0.1) is 12.8 Å². The molecule has 22 heavy (non-hydrogen) atoms. The fourth-order valence-electron chi connectivity index (χ4n) is 2.96. The highest BCUT2D eigenvalue weighted by molar-refractivity contribution is 7.15. The molecule has 7 heteroatoms. The molecule has 2 N–H and O–H groups in total. The van der Waals surface area contributed by atoms with Crippen molar-refractivity contribution in [3.63, 3.8) is 0 Å². The van der Waals surface area contributed by atoms with Gasteiger partial charge in [-0.05, 0) is 32.1 Å². The van der Waals surface area contributed by atoms with Crippen LogP contribution in [-0.4, -0.2) is 33.0 Å². The Labute approximate surface area is 131 Å². The van der Waals surface area contributed by atoms with Gasteiger partial charge in [0.2, 0.25) is 0 Å². The Hall–Kier alpha value is -1.73. The molecule has 2 heterocycles. The molecule has 1 aliphatic carbocycles. The van der Waals surface area contributed by atoms with E-state index in [4.69, 9.17) is 0 Å². The molecule has 2 aromatic rings. The summed E-state index contributed by atoms with van der Waals surface area (Å²) in [4.78, 5) is 29.4. The fraction of sp³-hybridized carbons (Fsp3) is 0.533. The first-order chi connectivity index (χ1) is 10.6. The van der Waals surface area contributed by atoms with E-state index >= 15 is 0 Å². The maximum Gasteiger partial charge on any atom is 0.271 e. The second-order valence-electron chi connectivity index (χ2n) is 5.87. The van der Waals surface area contributed by atoms with Crippen molar-refractivity contribution in [1.29, 1.82) is 0 Å². The summed E-state index contributed by atoms with van der Waals surface area (Å²) in [6.07, 6.45) is 4.60. The van der Waals surface area contributed by atoms with E-state index in [1.807, 2.05) is 12.3 Å². The molecule has 0 aliphatic heterocycles. The summed E-state index contributed by atoms with van der Waals surface area (Å²) in [5.41, 5.74) is 0.517. The Balaban J connectivity index is 1.73. The largest absolute Gasteiger partial charge is 0.393 e. The van der Waals surface area contributed by atoms with Gasteiger partial charge >= 0.3 is 0 Å². The van der Waals surface area contributed by atoms with Crippen molar-refractivity contribution < 1.29 is 9.90 Å². The second kappa shape index (κ2) is 6.18. The van der Waals surface area contributed by atoms with Gasteiger partial charge in [-0.15, -0.1) is 11.3 Å². The van der Waals surface area contributed by atoms with E-state index in [1.54, 1.807) is 0 Å². The van der Waals surface area contributed by atoms with E-state index in [0.29, 0.717) is 17.9 Å². The molecule has 2 atom stereocenters. The Morgan fingerprint density at radius 2 is 2.36 bits per heavy atom. The van der Waals surface area contributed by atoms with Crippen molar-refractivity contribution >= 4 is 22.2 Å².